The van der Waals surface area contributed by atoms with E-state index in [1.54, 1.807) is 19.1 Å². The molecule has 0 aliphatic heterocycles. The Labute approximate surface area is 113 Å². The van der Waals surface area contributed by atoms with Gasteiger partial charge in [0.05, 0.1) is 5.54 Å². The molecule has 1 aromatic rings. The van der Waals surface area contributed by atoms with Crippen LogP contribution in [-0.4, -0.2) is 25.0 Å². The van der Waals surface area contributed by atoms with Crippen LogP contribution in [0.1, 0.15) is 26.2 Å². The monoisotopic (exact) mass is 267 g/mol. The zero-order chi connectivity index (χ0) is 14.5. The number of nitrogens with zero attached hydrogens (tertiary/aromatic N) is 1. The Morgan fingerprint density at radius 2 is 1.89 bits per heavy atom. The first-order chi connectivity index (χ1) is 8.83. The van der Waals surface area contributed by atoms with Gasteiger partial charge in [0.15, 0.2) is 0 Å². The summed E-state index contributed by atoms with van der Waals surface area (Å²) in [6, 6.07) is 6.36. The number of hydrogen-bond acceptors (Lipinski definition) is 3. The zero-order valence-corrected chi connectivity index (χ0v) is 11.5. The van der Waals surface area contributed by atoms with Crippen LogP contribution in [0.2, 0.25) is 0 Å². The molecule has 0 saturated carbocycles. The highest BCUT2D eigenvalue weighted by Gasteiger charge is 2.24. The predicted molar refractivity (Wildman–Crippen MR) is 75.3 cm³/mol. The molecular weight excluding hydrogens is 245 g/mol. The number of anilines is 1. The van der Waals surface area contributed by atoms with Gasteiger partial charge in [-0.15, -0.1) is 0 Å². The number of halogens is 1. The quantitative estimate of drug-likeness (QED) is 0.738. The number of carbonyl (C=O) groups is 1. The van der Waals surface area contributed by atoms with Gasteiger partial charge in [0, 0.05) is 19.3 Å². The lowest BCUT2D eigenvalue weighted by atomic mass is 9.95. The second-order valence-electron chi connectivity index (χ2n) is 5.14. The van der Waals surface area contributed by atoms with Gasteiger partial charge in [0.25, 0.3) is 0 Å². The second kappa shape index (κ2) is 6.52. The Balaban J connectivity index is 2.33. The summed E-state index contributed by atoms with van der Waals surface area (Å²) in [5.74, 6) is -0.711. The average molecular weight is 267 g/mol. The fraction of sp³-hybridized carbons (Fsp3) is 0.500. The predicted octanol–water partition coefficient (Wildman–Crippen LogP) is 1.63. The SMILES string of the molecule is CN(CCCCC(C)(N)C(N)=O)c1ccc(F)cc1. The summed E-state index contributed by atoms with van der Waals surface area (Å²) < 4.78 is 12.8. The van der Waals surface area contributed by atoms with Crippen molar-refractivity contribution in [3.8, 4) is 0 Å². The van der Waals surface area contributed by atoms with E-state index in [0.717, 1.165) is 25.1 Å². The molecule has 0 aliphatic carbocycles. The lowest BCUT2D eigenvalue weighted by Crippen LogP contribution is -2.49. The molecule has 1 atom stereocenters. The molecule has 0 bridgehead atoms. The van der Waals surface area contributed by atoms with Gasteiger partial charge in [0.2, 0.25) is 5.91 Å². The van der Waals surface area contributed by atoms with Crippen molar-refractivity contribution in [1.29, 1.82) is 0 Å². The Morgan fingerprint density at radius 3 is 2.42 bits per heavy atom. The highest BCUT2D eigenvalue weighted by atomic mass is 19.1. The summed E-state index contributed by atoms with van der Waals surface area (Å²) in [6.45, 7) is 2.47. The van der Waals surface area contributed by atoms with E-state index in [4.69, 9.17) is 11.5 Å². The maximum atomic E-state index is 12.8. The van der Waals surface area contributed by atoms with Crippen LogP contribution in [0, 0.1) is 5.82 Å². The van der Waals surface area contributed by atoms with Crippen molar-refractivity contribution < 1.29 is 9.18 Å². The Hall–Kier alpha value is -1.62. The molecule has 0 spiro atoms. The molecule has 1 unspecified atom stereocenters. The molecule has 1 rings (SSSR count). The van der Waals surface area contributed by atoms with Gasteiger partial charge in [-0.3, -0.25) is 4.79 Å². The molecule has 1 amide bonds. The maximum Gasteiger partial charge on any atom is 0.237 e. The highest BCUT2D eigenvalue weighted by molar-refractivity contribution is 5.83. The second-order valence-corrected chi connectivity index (χ2v) is 5.14. The fourth-order valence-electron chi connectivity index (χ4n) is 1.79. The van der Waals surface area contributed by atoms with E-state index in [9.17, 15) is 9.18 Å². The minimum Gasteiger partial charge on any atom is -0.375 e. The average Bonchev–Trinajstić information content (AvgIpc) is 2.35. The van der Waals surface area contributed by atoms with Crippen molar-refractivity contribution in [2.75, 3.05) is 18.5 Å². The summed E-state index contributed by atoms with van der Waals surface area (Å²) >= 11 is 0. The van der Waals surface area contributed by atoms with Crippen molar-refractivity contribution in [1.82, 2.24) is 0 Å². The van der Waals surface area contributed by atoms with Gasteiger partial charge in [-0.05, 0) is 50.5 Å². The third-order valence-corrected chi connectivity index (χ3v) is 3.27. The molecule has 4 N–H and O–H groups in total. The van der Waals surface area contributed by atoms with Crippen LogP contribution in [0.25, 0.3) is 0 Å². The van der Waals surface area contributed by atoms with Crippen LogP contribution in [0.3, 0.4) is 0 Å². The minimum absolute atomic E-state index is 0.238. The molecule has 0 fully saturated rings. The Kier molecular flexibility index (Phi) is 5.30. The number of nitrogens with two attached hydrogens (primary N) is 2. The number of amides is 1. The number of carbonyl (C=O) groups excluding carboxylic acids is 1. The topological polar surface area (TPSA) is 72.3 Å². The van der Waals surface area contributed by atoms with Gasteiger partial charge < -0.3 is 16.4 Å². The molecular formula is C14H22FN3O. The largest absolute Gasteiger partial charge is 0.375 e. The van der Waals surface area contributed by atoms with Crippen LogP contribution < -0.4 is 16.4 Å². The van der Waals surface area contributed by atoms with Gasteiger partial charge in [0.1, 0.15) is 5.82 Å². The van der Waals surface area contributed by atoms with Crippen molar-refractivity contribution in [2.24, 2.45) is 11.5 Å². The van der Waals surface area contributed by atoms with Crippen molar-refractivity contribution >= 4 is 11.6 Å². The lowest BCUT2D eigenvalue weighted by Gasteiger charge is -2.22. The van der Waals surface area contributed by atoms with E-state index in [-0.39, 0.29) is 5.82 Å². The molecule has 4 nitrogen and oxygen atoms in total. The lowest BCUT2D eigenvalue weighted by molar-refractivity contribution is -0.122. The normalized spacial score (nSPS) is 13.9. The van der Waals surface area contributed by atoms with Gasteiger partial charge in [-0.1, -0.05) is 0 Å². The van der Waals surface area contributed by atoms with Gasteiger partial charge >= 0.3 is 0 Å². The minimum atomic E-state index is -0.936. The summed E-state index contributed by atoms with van der Waals surface area (Å²) in [5.41, 5.74) is 11.0. The van der Waals surface area contributed by atoms with Crippen LogP contribution in [-0.2, 0) is 4.79 Å². The van der Waals surface area contributed by atoms with E-state index in [2.05, 4.69) is 0 Å². The number of primary amides is 1. The first kappa shape index (κ1) is 15.4. The standard InChI is InChI=1S/C14H22FN3O/c1-14(17,13(16)19)9-3-4-10-18(2)12-7-5-11(15)6-8-12/h5-8H,3-4,9-10,17H2,1-2H3,(H2,16,19). The van der Waals surface area contributed by atoms with E-state index in [1.165, 1.54) is 12.1 Å². The molecule has 0 heterocycles. The van der Waals surface area contributed by atoms with E-state index in [0.29, 0.717) is 6.42 Å². The molecule has 106 valence electrons. The van der Waals surface area contributed by atoms with Crippen LogP contribution in [0.15, 0.2) is 24.3 Å². The molecule has 0 aliphatic rings. The molecule has 19 heavy (non-hydrogen) atoms. The Morgan fingerprint density at radius 1 is 1.32 bits per heavy atom. The molecule has 0 saturated heterocycles. The van der Waals surface area contributed by atoms with Crippen LogP contribution in [0.5, 0.6) is 0 Å². The maximum absolute atomic E-state index is 12.8. The smallest absolute Gasteiger partial charge is 0.237 e. The number of rotatable bonds is 7. The molecule has 5 heteroatoms. The Bertz CT molecular complexity index is 417. The van der Waals surface area contributed by atoms with Crippen LogP contribution >= 0.6 is 0 Å². The highest BCUT2D eigenvalue weighted by Crippen LogP contribution is 2.15. The number of hydrogen-bond donors (Lipinski definition) is 2. The fourth-order valence-corrected chi connectivity index (χ4v) is 1.79. The van der Waals surface area contributed by atoms with E-state index >= 15 is 0 Å². The van der Waals surface area contributed by atoms with Crippen molar-refractivity contribution in [2.45, 2.75) is 31.7 Å². The number of benzene rings is 1. The first-order valence-electron chi connectivity index (χ1n) is 6.38. The van der Waals surface area contributed by atoms with Crippen molar-refractivity contribution in [3.63, 3.8) is 0 Å². The third kappa shape index (κ3) is 4.87. The first-order valence-corrected chi connectivity index (χ1v) is 6.38. The van der Waals surface area contributed by atoms with E-state index in [1.807, 2.05) is 11.9 Å². The number of unbranched alkanes of at least 4 members (excludes halogenated alkanes) is 1. The summed E-state index contributed by atoms with van der Waals surface area (Å²) in [6.07, 6.45) is 2.29. The van der Waals surface area contributed by atoms with Gasteiger partial charge in [-0.25, -0.2) is 4.39 Å². The summed E-state index contributed by atoms with van der Waals surface area (Å²) in [4.78, 5) is 13.1. The van der Waals surface area contributed by atoms with Crippen LogP contribution in [0.4, 0.5) is 10.1 Å². The molecule has 1 aromatic carbocycles. The van der Waals surface area contributed by atoms with E-state index < -0.39 is 11.4 Å². The summed E-state index contributed by atoms with van der Waals surface area (Å²) in [5, 5.41) is 0. The summed E-state index contributed by atoms with van der Waals surface area (Å²) in [7, 11) is 1.95. The van der Waals surface area contributed by atoms with Gasteiger partial charge in [-0.2, -0.15) is 0 Å². The van der Waals surface area contributed by atoms with Crippen molar-refractivity contribution in [3.05, 3.63) is 30.1 Å². The third-order valence-electron chi connectivity index (χ3n) is 3.27. The molecule has 0 aromatic heterocycles. The zero-order valence-electron chi connectivity index (χ0n) is 11.5. The molecule has 0 radical (unpaired) electrons.